The maximum Gasteiger partial charge on any atom is 0.326 e. The summed E-state index contributed by atoms with van der Waals surface area (Å²) in [6, 6.07) is 7.28. The molecule has 1 aromatic carbocycles. The smallest absolute Gasteiger partial charge is 0.326 e. The number of aliphatic carboxylic acids is 1. The number of rotatable bonds is 12. The van der Waals surface area contributed by atoms with E-state index in [4.69, 9.17) is 14.2 Å². The molecule has 1 aromatic rings. The standard InChI is InChI=1S/C23H34N2O7/c1-5-32-22(29)18(12-11-16-9-7-6-8-10-16)24-15(2)20(26)25-14-17(23(30-3)31-4)13-19(25)21(27)28/h6-10,15,17-19,23-24H,5,11-14H2,1-4H3,(H,27,28)/t15-,17-,18?,19-/m0/s1. The monoisotopic (exact) mass is 450 g/mol. The minimum atomic E-state index is -1.08. The Bertz CT molecular complexity index is 754. The highest BCUT2D eigenvalue weighted by atomic mass is 16.7. The summed E-state index contributed by atoms with van der Waals surface area (Å²) in [7, 11) is 2.96. The van der Waals surface area contributed by atoms with Gasteiger partial charge in [-0.3, -0.25) is 14.9 Å². The Labute approximate surface area is 189 Å². The van der Waals surface area contributed by atoms with Crippen molar-refractivity contribution in [2.45, 2.75) is 57.5 Å². The summed E-state index contributed by atoms with van der Waals surface area (Å²) in [5, 5.41) is 12.7. The average molecular weight is 451 g/mol. The molecule has 0 radical (unpaired) electrons. The molecule has 0 aromatic heterocycles. The van der Waals surface area contributed by atoms with Gasteiger partial charge in [-0.1, -0.05) is 30.3 Å². The maximum atomic E-state index is 13.2. The van der Waals surface area contributed by atoms with Crippen molar-refractivity contribution in [3.05, 3.63) is 35.9 Å². The number of aryl methyl sites for hydroxylation is 1. The zero-order valence-corrected chi connectivity index (χ0v) is 19.2. The van der Waals surface area contributed by atoms with Crippen LogP contribution in [0.4, 0.5) is 0 Å². The first-order valence-corrected chi connectivity index (χ1v) is 10.9. The summed E-state index contributed by atoms with van der Waals surface area (Å²) in [4.78, 5) is 38.8. The van der Waals surface area contributed by atoms with Crippen LogP contribution in [0.1, 0.15) is 32.3 Å². The van der Waals surface area contributed by atoms with Crippen molar-refractivity contribution in [3.63, 3.8) is 0 Å². The van der Waals surface area contributed by atoms with E-state index < -0.39 is 36.4 Å². The lowest BCUT2D eigenvalue weighted by Crippen LogP contribution is -2.53. The second kappa shape index (κ2) is 12.5. The van der Waals surface area contributed by atoms with Crippen molar-refractivity contribution in [1.29, 1.82) is 0 Å². The molecule has 0 aliphatic carbocycles. The van der Waals surface area contributed by atoms with Crippen molar-refractivity contribution in [2.24, 2.45) is 5.92 Å². The number of carboxylic acids is 1. The van der Waals surface area contributed by atoms with Crippen LogP contribution < -0.4 is 5.32 Å². The van der Waals surface area contributed by atoms with Gasteiger partial charge in [-0.2, -0.15) is 0 Å². The van der Waals surface area contributed by atoms with Gasteiger partial charge in [0.15, 0.2) is 6.29 Å². The number of carboxylic acid groups (broad SMARTS) is 1. The van der Waals surface area contributed by atoms with E-state index in [0.29, 0.717) is 12.8 Å². The molecule has 0 bridgehead atoms. The maximum absolute atomic E-state index is 13.2. The third-order valence-corrected chi connectivity index (χ3v) is 5.71. The zero-order chi connectivity index (χ0) is 23.7. The van der Waals surface area contributed by atoms with Crippen LogP contribution in [0.3, 0.4) is 0 Å². The van der Waals surface area contributed by atoms with Crippen LogP contribution in [-0.4, -0.2) is 79.6 Å². The average Bonchev–Trinajstić information content (AvgIpc) is 3.23. The number of methoxy groups -OCH3 is 2. The van der Waals surface area contributed by atoms with Crippen LogP contribution in [0.2, 0.25) is 0 Å². The number of hydrogen-bond donors (Lipinski definition) is 2. The summed E-state index contributed by atoms with van der Waals surface area (Å²) < 4.78 is 15.7. The second-order valence-corrected chi connectivity index (χ2v) is 7.90. The number of carbonyl (C=O) groups excluding carboxylic acids is 2. The first-order chi connectivity index (χ1) is 15.3. The minimum absolute atomic E-state index is 0.197. The van der Waals surface area contributed by atoms with Crippen LogP contribution in [0.5, 0.6) is 0 Å². The van der Waals surface area contributed by atoms with Gasteiger partial charge in [0.2, 0.25) is 5.91 Å². The van der Waals surface area contributed by atoms with E-state index in [1.54, 1.807) is 13.8 Å². The second-order valence-electron chi connectivity index (χ2n) is 7.90. The van der Waals surface area contributed by atoms with Crippen molar-refractivity contribution in [2.75, 3.05) is 27.4 Å². The molecule has 32 heavy (non-hydrogen) atoms. The fourth-order valence-corrected chi connectivity index (χ4v) is 4.11. The molecule has 9 heteroatoms. The Morgan fingerprint density at radius 2 is 1.84 bits per heavy atom. The van der Waals surface area contributed by atoms with Gasteiger partial charge in [-0.15, -0.1) is 0 Å². The van der Waals surface area contributed by atoms with Crippen LogP contribution in [0, 0.1) is 5.92 Å². The summed E-state index contributed by atoms with van der Waals surface area (Å²) in [6.45, 7) is 3.79. The van der Waals surface area contributed by atoms with Crippen LogP contribution in [0.25, 0.3) is 0 Å². The molecular formula is C23H34N2O7. The number of benzene rings is 1. The number of ether oxygens (including phenoxy) is 3. The van der Waals surface area contributed by atoms with Crippen LogP contribution in [0.15, 0.2) is 30.3 Å². The first-order valence-electron chi connectivity index (χ1n) is 10.9. The molecule has 1 unspecified atom stereocenters. The Kier molecular flexibility index (Phi) is 10.1. The highest BCUT2D eigenvalue weighted by Gasteiger charge is 2.44. The van der Waals surface area contributed by atoms with Crippen molar-refractivity contribution >= 4 is 17.8 Å². The lowest BCUT2D eigenvalue weighted by molar-refractivity contribution is -0.150. The van der Waals surface area contributed by atoms with Gasteiger partial charge in [0.1, 0.15) is 12.1 Å². The molecule has 4 atom stereocenters. The molecule has 1 aliphatic heterocycles. The summed E-state index contributed by atoms with van der Waals surface area (Å²) in [5.41, 5.74) is 1.07. The van der Waals surface area contributed by atoms with E-state index in [0.717, 1.165) is 5.56 Å². The number of likely N-dealkylation sites (tertiary alicyclic amines) is 1. The van der Waals surface area contributed by atoms with E-state index in [2.05, 4.69) is 5.32 Å². The molecule has 178 valence electrons. The molecule has 2 N–H and O–H groups in total. The molecule has 2 rings (SSSR count). The molecule has 1 amide bonds. The topological polar surface area (TPSA) is 114 Å². The quantitative estimate of drug-likeness (QED) is 0.363. The summed E-state index contributed by atoms with van der Waals surface area (Å²) in [6.07, 6.45) is 0.706. The van der Waals surface area contributed by atoms with Gasteiger partial charge in [0, 0.05) is 26.7 Å². The third-order valence-electron chi connectivity index (χ3n) is 5.71. The van der Waals surface area contributed by atoms with Crippen molar-refractivity contribution in [1.82, 2.24) is 10.2 Å². The largest absolute Gasteiger partial charge is 0.480 e. The van der Waals surface area contributed by atoms with Crippen LogP contribution in [-0.2, 0) is 35.0 Å². The van der Waals surface area contributed by atoms with Crippen molar-refractivity contribution in [3.8, 4) is 0 Å². The number of carbonyl (C=O) groups is 3. The highest BCUT2D eigenvalue weighted by Crippen LogP contribution is 2.28. The predicted octanol–water partition coefficient (Wildman–Crippen LogP) is 1.45. The third kappa shape index (κ3) is 6.75. The Morgan fingerprint density at radius 1 is 1.19 bits per heavy atom. The van der Waals surface area contributed by atoms with Gasteiger partial charge in [0.05, 0.1) is 12.6 Å². The number of amides is 1. The molecule has 1 saturated heterocycles. The van der Waals surface area contributed by atoms with E-state index in [1.165, 1.54) is 19.1 Å². The Balaban J connectivity index is 2.09. The van der Waals surface area contributed by atoms with E-state index in [-0.39, 0.29) is 31.4 Å². The van der Waals surface area contributed by atoms with Gasteiger partial charge in [-0.05, 0) is 38.7 Å². The number of nitrogens with zero attached hydrogens (tertiary/aromatic N) is 1. The number of nitrogens with one attached hydrogen (secondary N) is 1. The molecule has 1 fully saturated rings. The molecule has 0 spiro atoms. The Hall–Kier alpha value is -2.49. The van der Waals surface area contributed by atoms with Gasteiger partial charge < -0.3 is 24.2 Å². The molecule has 1 aliphatic rings. The fourth-order valence-electron chi connectivity index (χ4n) is 4.11. The summed E-state index contributed by atoms with van der Waals surface area (Å²) in [5.74, 6) is -2.16. The van der Waals surface area contributed by atoms with Crippen molar-refractivity contribution < 1.29 is 33.7 Å². The molecule has 1 heterocycles. The minimum Gasteiger partial charge on any atom is -0.480 e. The molecule has 0 saturated carbocycles. The van der Waals surface area contributed by atoms with Gasteiger partial charge in [-0.25, -0.2) is 4.79 Å². The first kappa shape index (κ1) is 25.8. The van der Waals surface area contributed by atoms with E-state index in [1.807, 2.05) is 30.3 Å². The van der Waals surface area contributed by atoms with Crippen LogP contribution >= 0.6 is 0 Å². The molecule has 9 nitrogen and oxygen atoms in total. The predicted molar refractivity (Wildman–Crippen MR) is 117 cm³/mol. The fraction of sp³-hybridized carbons (Fsp3) is 0.609. The van der Waals surface area contributed by atoms with Gasteiger partial charge >= 0.3 is 11.9 Å². The lowest BCUT2D eigenvalue weighted by atomic mass is 10.0. The lowest BCUT2D eigenvalue weighted by Gasteiger charge is -2.28. The normalized spacial score (nSPS) is 20.2. The molecular weight excluding hydrogens is 416 g/mol. The SMILES string of the molecule is CCOC(=O)C(CCc1ccccc1)N[C@@H](C)C(=O)N1C[C@@H](C(OC)OC)C[C@H]1C(=O)O. The van der Waals surface area contributed by atoms with E-state index in [9.17, 15) is 19.5 Å². The van der Waals surface area contributed by atoms with Gasteiger partial charge in [0.25, 0.3) is 0 Å². The highest BCUT2D eigenvalue weighted by molar-refractivity contribution is 5.88. The number of hydrogen-bond acceptors (Lipinski definition) is 7. The Morgan fingerprint density at radius 3 is 2.41 bits per heavy atom. The zero-order valence-electron chi connectivity index (χ0n) is 19.2. The van der Waals surface area contributed by atoms with E-state index >= 15 is 0 Å². The summed E-state index contributed by atoms with van der Waals surface area (Å²) >= 11 is 0. The number of esters is 1.